The van der Waals surface area contributed by atoms with Gasteiger partial charge in [-0.1, -0.05) is 36.4 Å². The van der Waals surface area contributed by atoms with E-state index in [2.05, 4.69) is 10.6 Å². The summed E-state index contributed by atoms with van der Waals surface area (Å²) in [7, 11) is 3.16. The van der Waals surface area contributed by atoms with Gasteiger partial charge in [-0.2, -0.15) is 0 Å². The third kappa shape index (κ3) is 5.31. The highest BCUT2D eigenvalue weighted by molar-refractivity contribution is 6.24. The molecule has 0 saturated carbocycles. The SMILES string of the molecule is COc1ccccc1CN[C@H]1CC(=O)N(c2ccc(N3C(=O)C[C@@H](NCc4ccccc4OC)C3=O)cc2)C1=O. The van der Waals surface area contributed by atoms with Crippen molar-refractivity contribution in [2.75, 3.05) is 24.0 Å². The molecule has 0 spiro atoms. The van der Waals surface area contributed by atoms with Crippen molar-refractivity contribution in [1.29, 1.82) is 0 Å². The van der Waals surface area contributed by atoms with Crippen LogP contribution in [0.2, 0.25) is 0 Å². The second-order valence-corrected chi connectivity index (χ2v) is 9.55. The molecule has 2 atom stereocenters. The van der Waals surface area contributed by atoms with Gasteiger partial charge in [0, 0.05) is 24.2 Å². The number of nitrogens with one attached hydrogen (secondary N) is 2. The predicted molar refractivity (Wildman–Crippen MR) is 148 cm³/mol. The number of carbonyl (C=O) groups is 4. The van der Waals surface area contributed by atoms with E-state index in [-0.39, 0.29) is 36.5 Å². The van der Waals surface area contributed by atoms with Crippen molar-refractivity contribution < 1.29 is 28.7 Å². The van der Waals surface area contributed by atoms with Gasteiger partial charge in [-0.25, -0.2) is 9.80 Å². The largest absolute Gasteiger partial charge is 0.496 e. The lowest BCUT2D eigenvalue weighted by Gasteiger charge is -2.19. The molecule has 2 aliphatic heterocycles. The van der Waals surface area contributed by atoms with E-state index in [9.17, 15) is 19.2 Å². The molecule has 10 nitrogen and oxygen atoms in total. The summed E-state index contributed by atoms with van der Waals surface area (Å²) in [6.45, 7) is 0.734. The van der Waals surface area contributed by atoms with Crippen LogP contribution in [-0.2, 0) is 32.3 Å². The number of benzene rings is 3. The van der Waals surface area contributed by atoms with Gasteiger partial charge in [0.05, 0.1) is 50.5 Å². The monoisotopic (exact) mass is 542 g/mol. The Hall–Kier alpha value is -4.54. The van der Waals surface area contributed by atoms with Crippen molar-refractivity contribution in [2.24, 2.45) is 0 Å². The Morgan fingerprint density at radius 1 is 0.625 bits per heavy atom. The van der Waals surface area contributed by atoms with E-state index in [1.54, 1.807) is 38.5 Å². The summed E-state index contributed by atoms with van der Waals surface area (Å²) in [4.78, 5) is 54.0. The Morgan fingerprint density at radius 3 is 1.38 bits per heavy atom. The van der Waals surface area contributed by atoms with Crippen LogP contribution in [0.4, 0.5) is 11.4 Å². The summed E-state index contributed by atoms with van der Waals surface area (Å²) in [5.74, 6) is 0.0153. The summed E-state index contributed by atoms with van der Waals surface area (Å²) in [6.07, 6.45) is 0.0523. The first-order valence-corrected chi connectivity index (χ1v) is 13.0. The van der Waals surface area contributed by atoms with Crippen molar-refractivity contribution in [3.8, 4) is 11.5 Å². The van der Waals surface area contributed by atoms with Crippen LogP contribution >= 0.6 is 0 Å². The van der Waals surface area contributed by atoms with Crippen molar-refractivity contribution in [3.63, 3.8) is 0 Å². The first-order chi connectivity index (χ1) is 19.4. The van der Waals surface area contributed by atoms with Crippen molar-refractivity contribution in [3.05, 3.63) is 83.9 Å². The zero-order valence-corrected chi connectivity index (χ0v) is 22.3. The number of hydrogen-bond donors (Lipinski definition) is 2. The zero-order valence-electron chi connectivity index (χ0n) is 22.3. The first-order valence-electron chi connectivity index (χ1n) is 13.0. The molecule has 0 bridgehead atoms. The number of rotatable bonds is 10. The van der Waals surface area contributed by atoms with Gasteiger partial charge in [0.2, 0.25) is 11.8 Å². The van der Waals surface area contributed by atoms with E-state index in [1.807, 2.05) is 48.5 Å². The molecule has 0 aliphatic carbocycles. The van der Waals surface area contributed by atoms with Gasteiger partial charge >= 0.3 is 0 Å². The molecule has 2 fully saturated rings. The number of nitrogens with zero attached hydrogens (tertiary/aromatic N) is 2. The van der Waals surface area contributed by atoms with Crippen LogP contribution in [0, 0.1) is 0 Å². The highest BCUT2D eigenvalue weighted by atomic mass is 16.5. The molecule has 5 rings (SSSR count). The van der Waals surface area contributed by atoms with Crippen molar-refractivity contribution in [1.82, 2.24) is 10.6 Å². The van der Waals surface area contributed by atoms with Crippen LogP contribution in [0.3, 0.4) is 0 Å². The lowest BCUT2D eigenvalue weighted by atomic mass is 10.1. The Morgan fingerprint density at radius 2 is 1.00 bits per heavy atom. The molecular weight excluding hydrogens is 512 g/mol. The molecule has 0 radical (unpaired) electrons. The normalized spacial score (nSPS) is 19.1. The quantitative estimate of drug-likeness (QED) is 0.376. The fraction of sp³-hybridized carbons (Fsp3) is 0.267. The summed E-state index contributed by atoms with van der Waals surface area (Å²) in [5, 5.41) is 6.30. The topological polar surface area (TPSA) is 117 Å². The minimum Gasteiger partial charge on any atom is -0.496 e. The number of methoxy groups -OCH3 is 2. The molecule has 3 aromatic rings. The summed E-state index contributed by atoms with van der Waals surface area (Å²) >= 11 is 0. The van der Waals surface area contributed by atoms with Crippen molar-refractivity contribution in [2.45, 2.75) is 38.0 Å². The summed E-state index contributed by atoms with van der Waals surface area (Å²) in [5.41, 5.74) is 2.52. The van der Waals surface area contributed by atoms with Gasteiger partial charge in [-0.05, 0) is 36.4 Å². The molecule has 2 aliphatic rings. The van der Waals surface area contributed by atoms with Gasteiger partial charge in [0.15, 0.2) is 0 Å². The number of amides is 4. The highest BCUT2D eigenvalue weighted by Crippen LogP contribution is 2.29. The Kier molecular flexibility index (Phi) is 7.90. The van der Waals surface area contributed by atoms with E-state index in [4.69, 9.17) is 9.47 Å². The Labute approximate surface area is 231 Å². The number of para-hydroxylation sites is 2. The average molecular weight is 543 g/mol. The minimum atomic E-state index is -0.672. The molecule has 2 saturated heterocycles. The number of carbonyl (C=O) groups excluding carboxylic acids is 4. The molecule has 10 heteroatoms. The average Bonchev–Trinajstić information content (AvgIpc) is 3.43. The van der Waals surface area contributed by atoms with E-state index in [0.717, 1.165) is 20.9 Å². The smallest absolute Gasteiger partial charge is 0.251 e. The molecule has 3 aromatic carbocycles. The van der Waals surface area contributed by atoms with E-state index in [1.165, 1.54) is 0 Å². The van der Waals surface area contributed by atoms with Crippen LogP contribution in [0.1, 0.15) is 24.0 Å². The third-order valence-corrected chi connectivity index (χ3v) is 7.12. The fourth-order valence-corrected chi connectivity index (χ4v) is 5.04. The van der Waals surface area contributed by atoms with Gasteiger partial charge in [-0.15, -0.1) is 0 Å². The zero-order chi connectivity index (χ0) is 28.2. The Balaban J connectivity index is 1.23. The number of ether oxygens (including phenoxy) is 2. The fourth-order valence-electron chi connectivity index (χ4n) is 5.04. The molecule has 2 N–H and O–H groups in total. The minimum absolute atomic E-state index is 0.0262. The summed E-state index contributed by atoms with van der Waals surface area (Å²) in [6, 6.07) is 19.9. The van der Waals surface area contributed by atoms with E-state index in [0.29, 0.717) is 36.0 Å². The van der Waals surface area contributed by atoms with Crippen LogP contribution < -0.4 is 29.9 Å². The number of hydrogen-bond acceptors (Lipinski definition) is 8. The standard InChI is InChI=1S/C30H30N4O6/c1-39-25-9-5-3-7-19(25)17-31-23-15-27(35)33(29(23)37)21-11-13-22(14-12-21)34-28(36)16-24(30(34)38)32-18-20-8-4-6-10-26(20)40-2/h3-14,23-24,31-32H,15-18H2,1-2H3/t23-,24+. The first kappa shape index (κ1) is 27.0. The van der Waals surface area contributed by atoms with Gasteiger partial charge in [-0.3, -0.25) is 19.2 Å². The van der Waals surface area contributed by atoms with Crippen LogP contribution in [0.5, 0.6) is 11.5 Å². The molecule has 4 amide bonds. The van der Waals surface area contributed by atoms with Crippen LogP contribution in [0.25, 0.3) is 0 Å². The maximum absolute atomic E-state index is 13.1. The van der Waals surface area contributed by atoms with E-state index < -0.39 is 12.1 Å². The maximum atomic E-state index is 13.1. The van der Waals surface area contributed by atoms with Gasteiger partial charge in [0.1, 0.15) is 11.5 Å². The van der Waals surface area contributed by atoms with Gasteiger partial charge in [0.25, 0.3) is 11.8 Å². The molecule has 206 valence electrons. The van der Waals surface area contributed by atoms with Gasteiger partial charge < -0.3 is 20.1 Å². The second-order valence-electron chi connectivity index (χ2n) is 9.55. The molecular formula is C30H30N4O6. The Bertz CT molecular complexity index is 1330. The van der Waals surface area contributed by atoms with Crippen LogP contribution in [-0.4, -0.2) is 49.9 Å². The lowest BCUT2D eigenvalue weighted by molar-refractivity contribution is -0.123. The molecule has 40 heavy (non-hydrogen) atoms. The number of imide groups is 2. The second kappa shape index (κ2) is 11.7. The summed E-state index contributed by atoms with van der Waals surface area (Å²) < 4.78 is 10.7. The van der Waals surface area contributed by atoms with Crippen LogP contribution in [0.15, 0.2) is 72.8 Å². The third-order valence-electron chi connectivity index (χ3n) is 7.12. The molecule has 2 heterocycles. The maximum Gasteiger partial charge on any atom is 0.251 e. The molecule has 0 aromatic heterocycles. The highest BCUT2D eigenvalue weighted by Gasteiger charge is 2.41. The number of anilines is 2. The van der Waals surface area contributed by atoms with E-state index >= 15 is 0 Å². The van der Waals surface area contributed by atoms with Crippen molar-refractivity contribution >= 4 is 35.0 Å². The molecule has 0 unspecified atom stereocenters. The predicted octanol–water partition coefficient (Wildman–Crippen LogP) is 2.55. The lowest BCUT2D eigenvalue weighted by Crippen LogP contribution is -2.39.